The number of quaternary nitrogens is 1. The third-order valence-electron chi connectivity index (χ3n) is 10.3. The number of carbonyl (C=O) groups is 5. The second kappa shape index (κ2) is 20.3. The van der Waals surface area contributed by atoms with Gasteiger partial charge in [-0.15, -0.1) is 0 Å². The first kappa shape index (κ1) is 46.6. The molecule has 4 rings (SSSR count). The van der Waals surface area contributed by atoms with Crippen LogP contribution in [0.25, 0.3) is 6.08 Å². The molecule has 19 heteroatoms. The van der Waals surface area contributed by atoms with Gasteiger partial charge in [-0.2, -0.15) is 0 Å². The van der Waals surface area contributed by atoms with Gasteiger partial charge in [0.15, 0.2) is 5.70 Å². The molecule has 0 radical (unpaired) electrons. The van der Waals surface area contributed by atoms with Crippen LogP contribution in [0.15, 0.2) is 35.6 Å². The van der Waals surface area contributed by atoms with E-state index in [1.54, 1.807) is 6.08 Å². The first-order chi connectivity index (χ1) is 27.3. The zero-order chi connectivity index (χ0) is 42.8. The molecule has 58 heavy (non-hydrogen) atoms. The van der Waals surface area contributed by atoms with E-state index >= 15 is 8.63 Å². The molecular weight excluding hydrogens is 776 g/mol. The second-order valence-electron chi connectivity index (χ2n) is 16.2. The summed E-state index contributed by atoms with van der Waals surface area (Å²) < 4.78 is 53.1. The van der Waals surface area contributed by atoms with Gasteiger partial charge in [0.25, 0.3) is 11.8 Å². The number of ketones is 1. The highest BCUT2D eigenvalue weighted by Gasteiger charge is 2.54. The number of aryl methyl sites for hydroxylation is 2. The lowest BCUT2D eigenvalue weighted by Crippen LogP contribution is -2.51. The molecule has 0 saturated heterocycles. The number of allylic oxidation sites excluding steroid dienone is 2. The Kier molecular flexibility index (Phi) is 16.3. The number of rotatable bonds is 25. The normalized spacial score (nSPS) is 16.7. The number of aromatic nitrogens is 1. The minimum absolute atomic E-state index is 0.0345. The number of phosphoric acid groups is 1. The Morgan fingerprint density at radius 2 is 1.62 bits per heavy atom. The highest BCUT2D eigenvalue weighted by molar-refractivity contribution is 7.46. The van der Waals surface area contributed by atoms with E-state index in [0.717, 1.165) is 58.5 Å². The van der Waals surface area contributed by atoms with E-state index in [-0.39, 0.29) is 44.8 Å². The van der Waals surface area contributed by atoms with Crippen molar-refractivity contribution in [2.24, 2.45) is 5.92 Å². The lowest BCUT2D eigenvalue weighted by atomic mass is 9.88. The van der Waals surface area contributed by atoms with Gasteiger partial charge in [-0.1, -0.05) is 26.7 Å². The van der Waals surface area contributed by atoms with E-state index in [1.165, 1.54) is 4.48 Å². The summed E-state index contributed by atoms with van der Waals surface area (Å²) in [7, 11) is 1.21. The molecule has 15 nitrogen and oxygen atoms in total. The van der Waals surface area contributed by atoms with Gasteiger partial charge >= 0.3 is 14.8 Å². The molecule has 4 amide bonds. The third kappa shape index (κ3) is 12.7. The van der Waals surface area contributed by atoms with Crippen LogP contribution in [0.4, 0.5) is 8.63 Å². The molecule has 0 bridgehead atoms. The predicted octanol–water partition coefficient (Wildman–Crippen LogP) is 3.64. The molecule has 4 N–H and O–H groups in total. The van der Waals surface area contributed by atoms with Gasteiger partial charge in [0.1, 0.15) is 11.5 Å². The molecule has 4 heterocycles. The van der Waals surface area contributed by atoms with Crippen LogP contribution in [0.1, 0.15) is 95.0 Å². The minimum Gasteiger partial charge on any atom is -0.394 e. The first-order valence-electron chi connectivity index (χ1n) is 20.2. The molecule has 0 fully saturated rings. The zero-order valence-corrected chi connectivity index (χ0v) is 35.2. The second-order valence-corrected chi connectivity index (χ2v) is 17.4. The Bertz CT molecular complexity index is 1900. The number of Topliss-reactive ketones (excluding diaryl/α,β-unsaturated/α-hetero) is 1. The van der Waals surface area contributed by atoms with Crippen molar-refractivity contribution in [3.63, 3.8) is 0 Å². The summed E-state index contributed by atoms with van der Waals surface area (Å²) in [4.78, 5) is 81.6. The Morgan fingerprint density at radius 3 is 2.26 bits per heavy atom. The summed E-state index contributed by atoms with van der Waals surface area (Å²) in [5, 5.41) is 5.25. The van der Waals surface area contributed by atoms with Crippen LogP contribution in [0.3, 0.4) is 0 Å². The standard InChI is InChI=1S/C39H58BF2N6O9P/c1-6-11-28-23-31(13-10-22-48(3,4)5)46-34(28)26-35-29(12-7-2)24-32(47(35)40(46,41)42)15-16-33(49)25-30(27-57-58(54,55)56)39(53)44-19-9-8-14-36(50)43-20-21-45-37(51)17-18-38(45)52/h17-18,23-24,26,30H,6-16,19-22,25,27H2,1-5H3,(H3-,43,44,50,53,54,55,56)/p+1. The van der Waals surface area contributed by atoms with Crippen LogP contribution >= 0.6 is 7.82 Å². The van der Waals surface area contributed by atoms with Crippen molar-refractivity contribution in [2.75, 3.05) is 53.9 Å². The Hall–Kier alpha value is -4.09. The number of carbonyl (C=O) groups excluding carboxylic acids is 5. The van der Waals surface area contributed by atoms with Gasteiger partial charge in [-0.25, -0.2) is 4.57 Å². The number of halogens is 2. The van der Waals surface area contributed by atoms with Crippen molar-refractivity contribution in [1.82, 2.24) is 20.0 Å². The number of hydrogen-bond donors (Lipinski definition) is 4. The van der Waals surface area contributed by atoms with Gasteiger partial charge in [-0.05, 0) is 49.4 Å². The average molecular weight is 836 g/mol. The van der Waals surface area contributed by atoms with Crippen LogP contribution in [0.2, 0.25) is 0 Å². The Morgan fingerprint density at radius 1 is 0.931 bits per heavy atom. The molecule has 0 spiro atoms. The molecule has 0 saturated carbocycles. The summed E-state index contributed by atoms with van der Waals surface area (Å²) in [6, 6.07) is 1.92. The molecule has 3 aliphatic heterocycles. The summed E-state index contributed by atoms with van der Waals surface area (Å²) in [5.41, 5.74) is 3.51. The van der Waals surface area contributed by atoms with E-state index in [0.29, 0.717) is 59.4 Å². The third-order valence-corrected chi connectivity index (χ3v) is 10.8. The fraction of sp³-hybridized carbons (Fsp3) is 0.590. The lowest BCUT2D eigenvalue weighted by Gasteiger charge is -2.32. The number of imide groups is 1. The van der Waals surface area contributed by atoms with Crippen LogP contribution in [-0.2, 0) is 45.9 Å². The van der Waals surface area contributed by atoms with E-state index in [4.69, 9.17) is 0 Å². The van der Waals surface area contributed by atoms with Crippen molar-refractivity contribution in [2.45, 2.75) is 90.9 Å². The van der Waals surface area contributed by atoms with Crippen LogP contribution < -0.4 is 10.6 Å². The quantitative estimate of drug-likeness (QED) is 0.0375. The number of phosphoric ester groups is 1. The minimum atomic E-state index is -4.99. The molecule has 0 aromatic carbocycles. The smallest absolute Gasteiger partial charge is 0.394 e. The number of nitrogens with one attached hydrogen (secondary N) is 2. The van der Waals surface area contributed by atoms with Crippen molar-refractivity contribution >= 4 is 56.0 Å². The Labute approximate surface area is 339 Å². The summed E-state index contributed by atoms with van der Waals surface area (Å²) in [5.74, 6) is -3.62. The first-order valence-corrected chi connectivity index (χ1v) is 21.7. The van der Waals surface area contributed by atoms with Gasteiger partial charge in [0.2, 0.25) is 11.8 Å². The number of unbranched alkanes of at least 4 members (excludes halogenated alkanes) is 1. The highest BCUT2D eigenvalue weighted by atomic mass is 31.2. The SMILES string of the molecule is CCCC1=CC(CCC(=O)CC(COP(=O)(O)O)C(=O)NCCCCC(=O)NCCN2C(=O)C=CC2=O)=[N+]2C1=Cc1c(CCC)cc(CCC[N+](C)(C)C)n1[B-]2(F)F. The maximum absolute atomic E-state index is 17.0. The fourth-order valence-electron chi connectivity index (χ4n) is 7.54. The Balaban J connectivity index is 1.39. The molecule has 320 valence electrons. The monoisotopic (exact) mass is 835 g/mol. The fourth-order valence-corrected chi connectivity index (χ4v) is 7.92. The van der Waals surface area contributed by atoms with Crippen molar-refractivity contribution in [3.8, 4) is 0 Å². The van der Waals surface area contributed by atoms with Gasteiger partial charge < -0.3 is 42.5 Å². The number of hydrogen-bond acceptors (Lipinski definition) is 7. The summed E-state index contributed by atoms with van der Waals surface area (Å²) in [6.45, 7) is -0.0169. The maximum Gasteiger partial charge on any atom is 0.737 e. The summed E-state index contributed by atoms with van der Waals surface area (Å²) in [6.07, 6.45) is 10.1. The molecule has 0 aliphatic carbocycles. The number of nitrogens with zero attached hydrogens (tertiary/aromatic N) is 4. The van der Waals surface area contributed by atoms with Crippen LogP contribution in [-0.4, -0.2) is 124 Å². The van der Waals surface area contributed by atoms with Crippen LogP contribution in [0.5, 0.6) is 0 Å². The average Bonchev–Trinajstić information content (AvgIpc) is 3.78. The molecule has 1 aromatic rings. The van der Waals surface area contributed by atoms with Crippen molar-refractivity contribution in [3.05, 3.63) is 52.5 Å². The number of fused-ring (bicyclic) bond motifs is 2. The summed E-state index contributed by atoms with van der Waals surface area (Å²) >= 11 is 0. The zero-order valence-electron chi connectivity index (χ0n) is 34.3. The van der Waals surface area contributed by atoms with E-state index < -0.39 is 57.2 Å². The highest BCUT2D eigenvalue weighted by Crippen LogP contribution is 2.40. The number of amides is 4. The van der Waals surface area contributed by atoms with E-state index in [1.807, 2.05) is 26.0 Å². The molecule has 3 aliphatic rings. The van der Waals surface area contributed by atoms with E-state index in [9.17, 15) is 38.3 Å². The largest absolute Gasteiger partial charge is 0.737 e. The molecule has 1 aromatic heterocycles. The topological polar surface area (TPSA) is 187 Å². The molecule has 1 atom stereocenters. The lowest BCUT2D eigenvalue weighted by molar-refractivity contribution is -0.870. The maximum atomic E-state index is 17.0. The van der Waals surface area contributed by atoms with Gasteiger partial charge in [0, 0.05) is 87.3 Å². The molecular formula is C39H59BF2N6O9P+. The van der Waals surface area contributed by atoms with Crippen molar-refractivity contribution < 1.29 is 60.4 Å². The van der Waals surface area contributed by atoms with Gasteiger partial charge in [-0.3, -0.25) is 33.4 Å². The van der Waals surface area contributed by atoms with Crippen LogP contribution in [0, 0.1) is 5.92 Å². The van der Waals surface area contributed by atoms with Crippen molar-refractivity contribution in [1.29, 1.82) is 0 Å². The van der Waals surface area contributed by atoms with E-state index in [2.05, 4.69) is 36.3 Å². The predicted molar refractivity (Wildman–Crippen MR) is 215 cm³/mol. The molecule has 1 unspecified atom stereocenters. The van der Waals surface area contributed by atoms with Gasteiger partial charge in [0.05, 0.1) is 40.2 Å².